The Morgan fingerprint density at radius 2 is 1.65 bits per heavy atom. The van der Waals surface area contributed by atoms with Crippen molar-refractivity contribution in [2.24, 2.45) is 0 Å². The molecule has 6 nitrogen and oxygen atoms in total. The first-order valence-electron chi connectivity index (χ1n) is 8.10. The molecule has 0 radical (unpaired) electrons. The van der Waals surface area contributed by atoms with Crippen molar-refractivity contribution in [1.82, 2.24) is 0 Å². The maximum Gasteiger partial charge on any atom is 0.255 e. The summed E-state index contributed by atoms with van der Waals surface area (Å²) in [4.78, 5) is 12.3. The van der Waals surface area contributed by atoms with Crippen LogP contribution in [0.15, 0.2) is 53.4 Å². The molecule has 0 spiro atoms. The smallest absolute Gasteiger partial charge is 0.255 e. The number of aryl methyl sites for hydroxylation is 1. The lowest BCUT2D eigenvalue weighted by atomic mass is 10.2. The molecule has 1 aliphatic rings. The highest BCUT2D eigenvalue weighted by molar-refractivity contribution is 7.96. The van der Waals surface area contributed by atoms with Crippen molar-refractivity contribution in [3.63, 3.8) is 0 Å². The van der Waals surface area contributed by atoms with Crippen LogP contribution < -0.4 is 5.32 Å². The van der Waals surface area contributed by atoms with E-state index in [9.17, 15) is 21.6 Å². The van der Waals surface area contributed by atoms with Crippen molar-refractivity contribution < 1.29 is 21.6 Å². The van der Waals surface area contributed by atoms with Crippen LogP contribution in [0.4, 0.5) is 5.69 Å². The van der Waals surface area contributed by atoms with Gasteiger partial charge in [-0.15, -0.1) is 0 Å². The molecule has 1 heterocycles. The van der Waals surface area contributed by atoms with E-state index in [1.807, 2.05) is 19.1 Å². The molecule has 0 bridgehead atoms. The number of anilines is 1. The first kappa shape index (κ1) is 18.6. The highest BCUT2D eigenvalue weighted by Crippen LogP contribution is 2.25. The van der Waals surface area contributed by atoms with Gasteiger partial charge in [0.15, 0.2) is 19.7 Å². The summed E-state index contributed by atoms with van der Waals surface area (Å²) < 4.78 is 48.2. The predicted molar refractivity (Wildman–Crippen MR) is 99.8 cm³/mol. The van der Waals surface area contributed by atoms with Gasteiger partial charge in [-0.05, 0) is 49.7 Å². The van der Waals surface area contributed by atoms with Crippen LogP contribution in [0.25, 0.3) is 0 Å². The van der Waals surface area contributed by atoms with E-state index in [4.69, 9.17) is 0 Å². The zero-order chi connectivity index (χ0) is 18.9. The fourth-order valence-corrected chi connectivity index (χ4v) is 7.19. The van der Waals surface area contributed by atoms with E-state index in [2.05, 4.69) is 5.32 Å². The van der Waals surface area contributed by atoms with E-state index in [0.717, 1.165) is 5.56 Å². The Hall–Kier alpha value is -2.19. The lowest BCUT2D eigenvalue weighted by molar-refractivity contribution is 0.102. The van der Waals surface area contributed by atoms with Crippen LogP contribution in [0, 0.1) is 6.92 Å². The van der Waals surface area contributed by atoms with Gasteiger partial charge >= 0.3 is 0 Å². The summed E-state index contributed by atoms with van der Waals surface area (Å²) in [5.41, 5.74) is 2.04. The lowest BCUT2D eigenvalue weighted by Gasteiger charge is -2.11. The Morgan fingerprint density at radius 3 is 2.19 bits per heavy atom. The summed E-state index contributed by atoms with van der Waals surface area (Å²) in [5, 5.41) is 1.82. The fourth-order valence-electron chi connectivity index (χ4n) is 2.83. The Bertz CT molecular complexity index is 1020. The zero-order valence-corrected chi connectivity index (χ0v) is 15.8. The van der Waals surface area contributed by atoms with E-state index in [1.54, 1.807) is 12.1 Å². The first-order chi connectivity index (χ1) is 12.2. The van der Waals surface area contributed by atoms with Crippen molar-refractivity contribution in [1.29, 1.82) is 0 Å². The second-order valence-electron chi connectivity index (χ2n) is 6.41. The topological polar surface area (TPSA) is 97.4 Å². The molecular formula is C18H19NO5S2. The SMILES string of the molecule is Cc1ccc(NC(=O)c2ccc(S(=O)(=O)C3CCS(=O)(=O)C3)cc2)cc1. The molecule has 1 N–H and O–H groups in total. The molecular weight excluding hydrogens is 374 g/mol. The van der Waals surface area contributed by atoms with Gasteiger partial charge in [0.1, 0.15) is 0 Å². The number of carbonyl (C=O) groups excluding carboxylic acids is 1. The summed E-state index contributed by atoms with van der Waals surface area (Å²) >= 11 is 0. The molecule has 1 saturated heterocycles. The van der Waals surface area contributed by atoms with Crippen LogP contribution in [-0.4, -0.2) is 39.5 Å². The molecule has 0 saturated carbocycles. The lowest BCUT2D eigenvalue weighted by Crippen LogP contribution is -2.22. The molecule has 1 atom stereocenters. The Morgan fingerprint density at radius 1 is 1.04 bits per heavy atom. The van der Waals surface area contributed by atoms with Gasteiger partial charge in [0, 0.05) is 11.3 Å². The molecule has 26 heavy (non-hydrogen) atoms. The van der Waals surface area contributed by atoms with Crippen LogP contribution in [0.3, 0.4) is 0 Å². The highest BCUT2D eigenvalue weighted by atomic mass is 32.2. The van der Waals surface area contributed by atoms with Gasteiger partial charge in [0.2, 0.25) is 0 Å². The van der Waals surface area contributed by atoms with Crippen LogP contribution in [0.2, 0.25) is 0 Å². The third-order valence-electron chi connectivity index (χ3n) is 4.38. The van der Waals surface area contributed by atoms with E-state index < -0.39 is 24.9 Å². The number of sulfone groups is 2. The maximum absolute atomic E-state index is 12.6. The van der Waals surface area contributed by atoms with Crippen molar-refractivity contribution in [2.45, 2.75) is 23.5 Å². The quantitative estimate of drug-likeness (QED) is 0.859. The molecule has 1 amide bonds. The van der Waals surface area contributed by atoms with Crippen molar-refractivity contribution in [3.05, 3.63) is 59.7 Å². The number of nitrogens with one attached hydrogen (secondary N) is 1. The standard InChI is InChI=1S/C18H19NO5S2/c1-13-2-6-15(7-3-13)19-18(20)14-4-8-16(9-5-14)26(23,24)17-10-11-25(21,22)12-17/h2-9,17H,10-12H2,1H3,(H,19,20). The molecule has 2 aromatic rings. The summed E-state index contributed by atoms with van der Waals surface area (Å²) in [6.07, 6.45) is 0.111. The fraction of sp³-hybridized carbons (Fsp3) is 0.278. The average Bonchev–Trinajstić information content (AvgIpc) is 2.98. The monoisotopic (exact) mass is 393 g/mol. The number of rotatable bonds is 4. The Labute approximate surface area is 153 Å². The summed E-state index contributed by atoms with van der Waals surface area (Å²) in [7, 11) is -7.02. The minimum Gasteiger partial charge on any atom is -0.322 e. The van der Waals surface area contributed by atoms with Crippen LogP contribution in [0.5, 0.6) is 0 Å². The van der Waals surface area contributed by atoms with Gasteiger partial charge < -0.3 is 5.32 Å². The first-order valence-corrected chi connectivity index (χ1v) is 11.5. The van der Waals surface area contributed by atoms with E-state index in [1.165, 1.54) is 24.3 Å². The molecule has 2 aromatic carbocycles. The van der Waals surface area contributed by atoms with Crippen LogP contribution in [-0.2, 0) is 19.7 Å². The molecule has 3 rings (SSSR count). The number of carbonyl (C=O) groups is 1. The van der Waals surface area contributed by atoms with Crippen molar-refractivity contribution >= 4 is 31.3 Å². The summed E-state index contributed by atoms with van der Waals surface area (Å²) in [5.74, 6) is -0.792. The second kappa shape index (κ2) is 6.85. The van der Waals surface area contributed by atoms with Crippen molar-refractivity contribution in [2.75, 3.05) is 16.8 Å². The van der Waals surface area contributed by atoms with E-state index in [0.29, 0.717) is 11.3 Å². The number of benzene rings is 2. The molecule has 8 heteroatoms. The zero-order valence-electron chi connectivity index (χ0n) is 14.2. The summed E-state index contributed by atoms with van der Waals surface area (Å²) in [6.45, 7) is 1.94. The van der Waals surface area contributed by atoms with Gasteiger partial charge in [-0.25, -0.2) is 16.8 Å². The maximum atomic E-state index is 12.6. The molecule has 0 aromatic heterocycles. The summed E-state index contributed by atoms with van der Waals surface area (Å²) in [6, 6.07) is 12.9. The molecule has 1 fully saturated rings. The van der Waals surface area contributed by atoms with Gasteiger partial charge in [0.05, 0.1) is 21.7 Å². The largest absolute Gasteiger partial charge is 0.322 e. The molecule has 1 unspecified atom stereocenters. The molecule has 1 aliphatic heterocycles. The minimum atomic E-state index is -3.73. The Balaban J connectivity index is 1.75. The third kappa shape index (κ3) is 3.96. The van der Waals surface area contributed by atoms with Gasteiger partial charge in [-0.1, -0.05) is 17.7 Å². The van der Waals surface area contributed by atoms with Gasteiger partial charge in [0.25, 0.3) is 5.91 Å². The third-order valence-corrected chi connectivity index (χ3v) is 8.57. The number of hydrogen-bond donors (Lipinski definition) is 1. The van der Waals surface area contributed by atoms with Crippen LogP contribution >= 0.6 is 0 Å². The number of amides is 1. The molecule has 0 aliphatic carbocycles. The van der Waals surface area contributed by atoms with E-state index >= 15 is 0 Å². The number of hydrogen-bond acceptors (Lipinski definition) is 5. The van der Waals surface area contributed by atoms with Gasteiger partial charge in [-0.3, -0.25) is 4.79 Å². The highest BCUT2D eigenvalue weighted by Gasteiger charge is 2.37. The molecule has 138 valence electrons. The van der Waals surface area contributed by atoms with Crippen molar-refractivity contribution in [3.8, 4) is 0 Å². The van der Waals surface area contributed by atoms with Crippen LogP contribution in [0.1, 0.15) is 22.3 Å². The van der Waals surface area contributed by atoms with E-state index in [-0.39, 0.29) is 28.7 Å². The minimum absolute atomic E-state index is 0.0338. The second-order valence-corrected chi connectivity index (χ2v) is 10.9. The van der Waals surface area contributed by atoms with Gasteiger partial charge in [-0.2, -0.15) is 0 Å². The Kier molecular flexibility index (Phi) is 4.90. The normalized spacial score (nSPS) is 19.2. The average molecular weight is 393 g/mol. The predicted octanol–water partition coefficient (Wildman–Crippen LogP) is 2.21.